The van der Waals surface area contributed by atoms with Crippen molar-refractivity contribution in [3.8, 4) is 0 Å². The number of carbonyl (C=O) groups is 1. The highest BCUT2D eigenvalue weighted by atomic mass is 16.5. The molecule has 5 nitrogen and oxygen atoms in total. The second-order valence-electron chi connectivity index (χ2n) is 5.53. The zero-order valence-corrected chi connectivity index (χ0v) is 13.0. The highest BCUT2D eigenvalue weighted by Gasteiger charge is 2.23. The molecule has 2 rings (SSSR count). The van der Waals surface area contributed by atoms with Crippen LogP contribution in [0.25, 0.3) is 0 Å². The Labute approximate surface area is 126 Å². The minimum absolute atomic E-state index is 0.198. The third-order valence-electron chi connectivity index (χ3n) is 3.76. The number of ether oxygens (including phenoxy) is 1. The molecule has 1 aromatic heterocycles. The van der Waals surface area contributed by atoms with Gasteiger partial charge in [-0.05, 0) is 38.9 Å². The maximum absolute atomic E-state index is 12.3. The molecule has 0 atom stereocenters. The summed E-state index contributed by atoms with van der Waals surface area (Å²) in [7, 11) is 1.96. The molecular weight excluding hydrogens is 266 g/mol. The molecule has 1 amide bonds. The zero-order chi connectivity index (χ0) is 15.1. The van der Waals surface area contributed by atoms with Crippen LogP contribution < -0.4 is 0 Å². The molecule has 0 spiro atoms. The molecule has 1 aliphatic rings. The van der Waals surface area contributed by atoms with Gasteiger partial charge in [-0.1, -0.05) is 6.07 Å². The van der Waals surface area contributed by atoms with Crippen LogP contribution in [-0.4, -0.2) is 60.1 Å². The molecule has 0 N–H and O–H groups in total. The lowest BCUT2D eigenvalue weighted by atomic mass is 10.1. The van der Waals surface area contributed by atoms with Crippen LogP contribution in [0.2, 0.25) is 0 Å². The molecule has 1 fully saturated rings. The van der Waals surface area contributed by atoms with Crippen LogP contribution in [0.15, 0.2) is 24.4 Å². The second kappa shape index (κ2) is 8.10. The van der Waals surface area contributed by atoms with Gasteiger partial charge < -0.3 is 9.64 Å². The Morgan fingerprint density at radius 3 is 2.81 bits per heavy atom. The average Bonchev–Trinajstić information content (AvgIpc) is 2.49. The summed E-state index contributed by atoms with van der Waals surface area (Å²) in [6, 6.07) is 5.85. The summed E-state index contributed by atoms with van der Waals surface area (Å²) in [5.41, 5.74) is 0.989. The largest absolute Gasteiger partial charge is 0.378 e. The predicted molar refractivity (Wildman–Crippen MR) is 81.8 cm³/mol. The van der Waals surface area contributed by atoms with Crippen LogP contribution in [0.4, 0.5) is 0 Å². The summed E-state index contributed by atoms with van der Waals surface area (Å²) in [4.78, 5) is 20.5. The average molecular weight is 291 g/mol. The van der Waals surface area contributed by atoms with Gasteiger partial charge in [0, 0.05) is 32.4 Å². The number of amides is 1. The summed E-state index contributed by atoms with van der Waals surface area (Å²) in [6.07, 6.45) is 4.00. The smallest absolute Gasteiger partial charge is 0.236 e. The van der Waals surface area contributed by atoms with Crippen molar-refractivity contribution in [2.45, 2.75) is 32.4 Å². The number of likely N-dealkylation sites (N-methyl/N-ethyl adjacent to an activating group) is 1. The van der Waals surface area contributed by atoms with Crippen molar-refractivity contribution in [3.05, 3.63) is 30.1 Å². The summed E-state index contributed by atoms with van der Waals surface area (Å²) in [5, 5.41) is 0. The minimum atomic E-state index is 0.198. The van der Waals surface area contributed by atoms with E-state index in [-0.39, 0.29) is 5.91 Å². The molecule has 1 aliphatic heterocycles. The Balaban J connectivity index is 1.74. The summed E-state index contributed by atoms with van der Waals surface area (Å²) < 4.78 is 5.61. The first-order valence-electron chi connectivity index (χ1n) is 7.67. The summed E-state index contributed by atoms with van der Waals surface area (Å²) in [5.74, 6) is 0.198. The van der Waals surface area contributed by atoms with Gasteiger partial charge in [0.15, 0.2) is 0 Å². The van der Waals surface area contributed by atoms with E-state index in [4.69, 9.17) is 4.74 Å². The molecule has 0 aromatic carbocycles. The number of carbonyl (C=O) groups excluding carboxylic acids is 1. The lowest BCUT2D eigenvalue weighted by molar-refractivity contribution is -0.134. The van der Waals surface area contributed by atoms with Crippen LogP contribution in [0.1, 0.15) is 25.5 Å². The van der Waals surface area contributed by atoms with Crippen LogP contribution in [0, 0.1) is 0 Å². The van der Waals surface area contributed by atoms with Gasteiger partial charge in [0.05, 0.1) is 18.3 Å². The molecule has 0 radical (unpaired) electrons. The highest BCUT2D eigenvalue weighted by Crippen LogP contribution is 2.14. The lowest BCUT2D eigenvalue weighted by Crippen LogP contribution is -2.44. The summed E-state index contributed by atoms with van der Waals surface area (Å²) in [6.45, 7) is 5.52. The van der Waals surface area contributed by atoms with Gasteiger partial charge in [-0.25, -0.2) is 0 Å². The number of rotatable bonds is 6. The fraction of sp³-hybridized carbons (Fsp3) is 0.625. The van der Waals surface area contributed by atoms with Gasteiger partial charge in [-0.15, -0.1) is 0 Å². The fourth-order valence-corrected chi connectivity index (χ4v) is 2.66. The Morgan fingerprint density at radius 2 is 2.19 bits per heavy atom. The molecule has 0 aliphatic carbocycles. The van der Waals surface area contributed by atoms with Crippen LogP contribution in [0.3, 0.4) is 0 Å². The number of pyridine rings is 1. The Bertz CT molecular complexity index is 430. The standard InChI is InChI=1S/C16H25N3O2/c1-3-21-15-7-10-19(11-8-15)16(20)13-18(2)12-14-6-4-5-9-17-14/h4-6,9,15H,3,7-8,10-13H2,1-2H3. The number of aromatic nitrogens is 1. The fourth-order valence-electron chi connectivity index (χ4n) is 2.66. The first-order valence-corrected chi connectivity index (χ1v) is 7.67. The third kappa shape index (κ3) is 5.10. The van der Waals surface area contributed by atoms with E-state index in [1.807, 2.05) is 42.0 Å². The molecule has 5 heteroatoms. The normalized spacial score (nSPS) is 16.4. The van der Waals surface area contributed by atoms with E-state index in [0.717, 1.165) is 38.2 Å². The van der Waals surface area contributed by atoms with Gasteiger partial charge >= 0.3 is 0 Å². The molecule has 0 unspecified atom stereocenters. The van der Waals surface area contributed by atoms with E-state index >= 15 is 0 Å². The molecule has 1 saturated heterocycles. The first-order chi connectivity index (χ1) is 10.2. The number of hydrogen-bond donors (Lipinski definition) is 0. The zero-order valence-electron chi connectivity index (χ0n) is 13.0. The van der Waals surface area contributed by atoms with Gasteiger partial charge in [0.2, 0.25) is 5.91 Å². The Hall–Kier alpha value is -1.46. The lowest BCUT2D eigenvalue weighted by Gasteiger charge is -2.32. The van der Waals surface area contributed by atoms with Crippen molar-refractivity contribution in [1.29, 1.82) is 0 Å². The van der Waals surface area contributed by atoms with Gasteiger partial charge in [0.25, 0.3) is 0 Å². The predicted octanol–water partition coefficient (Wildman–Crippen LogP) is 1.54. The van der Waals surface area contributed by atoms with Crippen molar-refractivity contribution >= 4 is 5.91 Å². The van der Waals surface area contributed by atoms with Crippen LogP contribution in [0.5, 0.6) is 0 Å². The maximum atomic E-state index is 12.3. The first kappa shape index (κ1) is 15.9. The van der Waals surface area contributed by atoms with E-state index in [0.29, 0.717) is 19.2 Å². The maximum Gasteiger partial charge on any atom is 0.236 e. The van der Waals surface area contributed by atoms with Crippen LogP contribution >= 0.6 is 0 Å². The van der Waals surface area contributed by atoms with Crippen molar-refractivity contribution in [3.63, 3.8) is 0 Å². The van der Waals surface area contributed by atoms with Gasteiger partial charge in [-0.2, -0.15) is 0 Å². The Morgan fingerprint density at radius 1 is 1.43 bits per heavy atom. The van der Waals surface area contributed by atoms with Crippen molar-refractivity contribution in [2.24, 2.45) is 0 Å². The number of nitrogens with zero attached hydrogens (tertiary/aromatic N) is 3. The third-order valence-corrected chi connectivity index (χ3v) is 3.76. The molecule has 21 heavy (non-hydrogen) atoms. The van der Waals surface area contributed by atoms with Crippen molar-refractivity contribution < 1.29 is 9.53 Å². The molecule has 116 valence electrons. The van der Waals surface area contributed by atoms with E-state index < -0.39 is 0 Å². The number of likely N-dealkylation sites (tertiary alicyclic amines) is 1. The topological polar surface area (TPSA) is 45.7 Å². The molecule has 0 bridgehead atoms. The monoisotopic (exact) mass is 291 g/mol. The van der Waals surface area contributed by atoms with Crippen LogP contribution in [-0.2, 0) is 16.1 Å². The SMILES string of the molecule is CCOC1CCN(C(=O)CN(C)Cc2ccccn2)CC1. The van der Waals surface area contributed by atoms with Crippen molar-refractivity contribution in [1.82, 2.24) is 14.8 Å². The van der Waals surface area contributed by atoms with Gasteiger partial charge in [-0.3, -0.25) is 14.7 Å². The second-order valence-corrected chi connectivity index (χ2v) is 5.53. The number of hydrogen-bond acceptors (Lipinski definition) is 4. The van der Waals surface area contributed by atoms with E-state index in [1.54, 1.807) is 6.20 Å². The quantitative estimate of drug-likeness (QED) is 0.797. The molecule has 0 saturated carbocycles. The number of piperidine rings is 1. The molecule has 1 aromatic rings. The molecular formula is C16H25N3O2. The minimum Gasteiger partial charge on any atom is -0.378 e. The molecule has 2 heterocycles. The highest BCUT2D eigenvalue weighted by molar-refractivity contribution is 5.78. The van der Waals surface area contributed by atoms with Gasteiger partial charge in [0.1, 0.15) is 0 Å². The van der Waals surface area contributed by atoms with E-state index in [9.17, 15) is 4.79 Å². The van der Waals surface area contributed by atoms with E-state index in [1.165, 1.54) is 0 Å². The Kier molecular flexibility index (Phi) is 6.14. The van der Waals surface area contributed by atoms with Crippen molar-refractivity contribution in [2.75, 3.05) is 33.3 Å². The van der Waals surface area contributed by atoms with E-state index in [2.05, 4.69) is 4.98 Å². The summed E-state index contributed by atoms with van der Waals surface area (Å²) >= 11 is 0.